The van der Waals surface area contributed by atoms with Gasteiger partial charge in [-0.3, -0.25) is 0 Å². The second kappa shape index (κ2) is 5.16. The first-order chi connectivity index (χ1) is 8.06. The Morgan fingerprint density at radius 1 is 1.41 bits per heavy atom. The fourth-order valence-electron chi connectivity index (χ4n) is 1.07. The van der Waals surface area contributed by atoms with Gasteiger partial charge in [0.25, 0.3) is 0 Å². The Bertz CT molecular complexity index is 570. The molecule has 0 aliphatic heterocycles. The molecule has 0 aliphatic carbocycles. The second-order valence-corrected chi connectivity index (χ2v) is 5.68. The molecular formula is C10H5Br2NO3S. The monoisotopic (exact) mass is 377 g/mol. The van der Waals surface area contributed by atoms with E-state index in [-0.39, 0.29) is 4.88 Å². The predicted molar refractivity (Wildman–Crippen MR) is 71.0 cm³/mol. The van der Waals surface area contributed by atoms with Gasteiger partial charge in [-0.2, -0.15) is 0 Å². The van der Waals surface area contributed by atoms with Crippen molar-refractivity contribution in [2.75, 3.05) is 0 Å². The second-order valence-electron chi connectivity index (χ2n) is 2.99. The third kappa shape index (κ3) is 3.05. The van der Waals surface area contributed by atoms with E-state index in [1.165, 1.54) is 6.07 Å². The molecule has 0 spiro atoms. The Labute approximate surface area is 118 Å². The average Bonchev–Trinajstić information content (AvgIpc) is 2.71. The maximum Gasteiger partial charge on any atom is 0.346 e. The van der Waals surface area contributed by atoms with Crippen molar-refractivity contribution in [2.45, 2.75) is 0 Å². The summed E-state index contributed by atoms with van der Waals surface area (Å²) in [6.45, 7) is 0. The van der Waals surface area contributed by atoms with Crippen LogP contribution in [0.2, 0.25) is 0 Å². The number of hydrogen-bond donors (Lipinski definition) is 1. The topological polar surface area (TPSA) is 59.4 Å². The molecule has 0 radical (unpaired) electrons. The third-order valence-corrected chi connectivity index (χ3v) is 3.67. The summed E-state index contributed by atoms with van der Waals surface area (Å²) in [4.78, 5) is 15.0. The van der Waals surface area contributed by atoms with Crippen LogP contribution in [0.15, 0.2) is 32.7 Å². The fraction of sp³-hybridized carbons (Fsp3) is 0. The van der Waals surface area contributed by atoms with Crippen LogP contribution in [0.25, 0.3) is 0 Å². The molecule has 2 rings (SSSR count). The van der Waals surface area contributed by atoms with Crippen LogP contribution >= 0.6 is 43.2 Å². The number of pyridine rings is 1. The van der Waals surface area contributed by atoms with Gasteiger partial charge in [0.2, 0.25) is 5.88 Å². The quantitative estimate of drug-likeness (QED) is 0.871. The number of aromatic carboxylic acids is 1. The zero-order chi connectivity index (χ0) is 12.4. The van der Waals surface area contributed by atoms with Gasteiger partial charge in [-0.1, -0.05) is 0 Å². The van der Waals surface area contributed by atoms with E-state index in [2.05, 4.69) is 36.8 Å². The summed E-state index contributed by atoms with van der Waals surface area (Å²) in [5, 5.41) is 10.4. The normalized spacial score (nSPS) is 10.2. The van der Waals surface area contributed by atoms with E-state index in [0.29, 0.717) is 16.1 Å². The van der Waals surface area contributed by atoms with Crippen molar-refractivity contribution >= 4 is 49.2 Å². The summed E-state index contributed by atoms with van der Waals surface area (Å²) in [6.07, 6.45) is 1.60. The van der Waals surface area contributed by atoms with E-state index in [0.717, 1.165) is 15.8 Å². The number of ether oxygens (including phenoxy) is 1. The van der Waals surface area contributed by atoms with Crippen LogP contribution in [0.5, 0.6) is 11.6 Å². The number of aromatic nitrogens is 1. The lowest BCUT2D eigenvalue weighted by Gasteiger charge is -2.04. The molecule has 2 aromatic heterocycles. The summed E-state index contributed by atoms with van der Waals surface area (Å²) in [5.41, 5.74) is 0. The Balaban J connectivity index is 2.22. The van der Waals surface area contributed by atoms with Gasteiger partial charge in [-0.25, -0.2) is 9.78 Å². The highest BCUT2D eigenvalue weighted by atomic mass is 79.9. The number of carbonyl (C=O) groups is 1. The molecule has 2 heterocycles. The van der Waals surface area contributed by atoms with Gasteiger partial charge in [0, 0.05) is 22.1 Å². The highest BCUT2D eigenvalue weighted by Gasteiger charge is 2.10. The first-order valence-electron chi connectivity index (χ1n) is 4.37. The standard InChI is InChI=1S/C10H5Br2NO3S/c11-5-1-7(12)9(13-3-5)16-6-2-8(10(14)15)17-4-6/h1-4H,(H,14,15). The van der Waals surface area contributed by atoms with Gasteiger partial charge in [0.15, 0.2) is 0 Å². The van der Waals surface area contributed by atoms with Gasteiger partial charge >= 0.3 is 5.97 Å². The van der Waals surface area contributed by atoms with Gasteiger partial charge in [-0.05, 0) is 37.9 Å². The molecule has 88 valence electrons. The maximum absolute atomic E-state index is 10.7. The van der Waals surface area contributed by atoms with Crippen LogP contribution in [-0.4, -0.2) is 16.1 Å². The van der Waals surface area contributed by atoms with Crippen LogP contribution in [0.4, 0.5) is 0 Å². The smallest absolute Gasteiger partial charge is 0.346 e. The Kier molecular flexibility index (Phi) is 3.80. The first-order valence-corrected chi connectivity index (χ1v) is 6.83. The van der Waals surface area contributed by atoms with Crippen molar-refractivity contribution in [3.05, 3.63) is 37.5 Å². The van der Waals surface area contributed by atoms with Gasteiger partial charge in [-0.15, -0.1) is 11.3 Å². The molecule has 4 nitrogen and oxygen atoms in total. The molecule has 7 heteroatoms. The summed E-state index contributed by atoms with van der Waals surface area (Å²) < 4.78 is 6.98. The van der Waals surface area contributed by atoms with E-state index in [1.54, 1.807) is 17.6 Å². The maximum atomic E-state index is 10.7. The predicted octanol–water partition coefficient (Wildman–Crippen LogP) is 4.16. The Morgan fingerprint density at radius 2 is 2.18 bits per heavy atom. The number of halogens is 2. The summed E-state index contributed by atoms with van der Waals surface area (Å²) in [6, 6.07) is 3.26. The van der Waals surface area contributed by atoms with E-state index >= 15 is 0 Å². The van der Waals surface area contributed by atoms with Crippen LogP contribution < -0.4 is 4.74 Å². The summed E-state index contributed by atoms with van der Waals surface area (Å²) in [7, 11) is 0. The zero-order valence-corrected chi connectivity index (χ0v) is 12.2. The van der Waals surface area contributed by atoms with Crippen molar-refractivity contribution in [2.24, 2.45) is 0 Å². The van der Waals surface area contributed by atoms with Gasteiger partial charge < -0.3 is 9.84 Å². The first kappa shape index (κ1) is 12.5. The van der Waals surface area contributed by atoms with E-state index in [1.807, 2.05) is 0 Å². The van der Waals surface area contributed by atoms with Crippen LogP contribution in [-0.2, 0) is 0 Å². The third-order valence-electron chi connectivity index (χ3n) is 1.77. The lowest BCUT2D eigenvalue weighted by atomic mass is 10.4. The van der Waals surface area contributed by atoms with E-state index in [9.17, 15) is 4.79 Å². The molecule has 0 saturated carbocycles. The highest BCUT2D eigenvalue weighted by molar-refractivity contribution is 9.11. The van der Waals surface area contributed by atoms with Crippen LogP contribution in [0, 0.1) is 0 Å². The number of carboxylic acids is 1. The van der Waals surface area contributed by atoms with E-state index in [4.69, 9.17) is 9.84 Å². The van der Waals surface area contributed by atoms with Crippen molar-refractivity contribution in [1.29, 1.82) is 0 Å². The number of rotatable bonds is 3. The van der Waals surface area contributed by atoms with Crippen LogP contribution in [0.1, 0.15) is 9.67 Å². The highest BCUT2D eigenvalue weighted by Crippen LogP contribution is 2.31. The molecule has 0 amide bonds. The minimum absolute atomic E-state index is 0.230. The molecule has 0 unspecified atom stereocenters. The zero-order valence-electron chi connectivity index (χ0n) is 8.18. The lowest BCUT2D eigenvalue weighted by molar-refractivity contribution is 0.0702. The number of carboxylic acid groups (broad SMARTS) is 1. The van der Waals surface area contributed by atoms with Crippen molar-refractivity contribution in [3.63, 3.8) is 0 Å². The molecule has 0 aromatic carbocycles. The largest absolute Gasteiger partial charge is 0.477 e. The molecule has 17 heavy (non-hydrogen) atoms. The molecular weight excluding hydrogens is 374 g/mol. The van der Waals surface area contributed by atoms with Crippen molar-refractivity contribution in [1.82, 2.24) is 4.98 Å². The minimum atomic E-state index is -0.965. The molecule has 0 bridgehead atoms. The molecule has 2 aromatic rings. The SMILES string of the molecule is O=C(O)c1cc(Oc2ncc(Br)cc2Br)cs1. The van der Waals surface area contributed by atoms with Crippen LogP contribution in [0.3, 0.4) is 0 Å². The molecule has 1 N–H and O–H groups in total. The minimum Gasteiger partial charge on any atom is -0.477 e. The Hall–Kier alpha value is -0.920. The molecule has 0 aliphatic rings. The molecule has 0 atom stereocenters. The number of hydrogen-bond acceptors (Lipinski definition) is 4. The molecule has 0 saturated heterocycles. The van der Waals surface area contributed by atoms with Gasteiger partial charge in [0.1, 0.15) is 10.6 Å². The fourth-order valence-corrected chi connectivity index (χ4v) is 2.79. The summed E-state index contributed by atoms with van der Waals surface area (Å²) >= 11 is 7.70. The van der Waals surface area contributed by atoms with Crippen molar-refractivity contribution < 1.29 is 14.6 Å². The van der Waals surface area contributed by atoms with E-state index < -0.39 is 5.97 Å². The lowest BCUT2D eigenvalue weighted by Crippen LogP contribution is -1.91. The summed E-state index contributed by atoms with van der Waals surface area (Å²) in [5.74, 6) is -0.112. The van der Waals surface area contributed by atoms with Crippen molar-refractivity contribution in [3.8, 4) is 11.6 Å². The molecule has 0 fully saturated rings. The van der Waals surface area contributed by atoms with Gasteiger partial charge in [0.05, 0.1) is 4.47 Å². The number of thiophene rings is 1. The number of nitrogens with zero attached hydrogens (tertiary/aromatic N) is 1. The average molecular weight is 379 g/mol. The Morgan fingerprint density at radius 3 is 2.76 bits per heavy atom.